The van der Waals surface area contributed by atoms with E-state index in [0.29, 0.717) is 5.69 Å². The normalized spacial score (nSPS) is 11.6. The second-order valence-corrected chi connectivity index (χ2v) is 5.71. The van der Waals surface area contributed by atoms with Gasteiger partial charge < -0.3 is 19.0 Å². The molecule has 0 aliphatic heterocycles. The summed E-state index contributed by atoms with van der Waals surface area (Å²) in [7, 11) is 2.01. The van der Waals surface area contributed by atoms with Gasteiger partial charge in [-0.15, -0.1) is 5.19 Å². The lowest BCUT2D eigenvalue weighted by molar-refractivity contribution is 0.140. The van der Waals surface area contributed by atoms with Crippen molar-refractivity contribution in [1.29, 1.82) is 0 Å². The topological polar surface area (TPSA) is 53.7 Å². The van der Waals surface area contributed by atoms with Crippen molar-refractivity contribution in [3.63, 3.8) is 0 Å². The highest BCUT2D eigenvalue weighted by molar-refractivity contribution is 6.75. The van der Waals surface area contributed by atoms with Crippen LogP contribution < -0.4 is 10.9 Å². The molecule has 0 aromatic heterocycles. The molecule has 2 N–H and O–H groups in total. The molecule has 0 unspecified atom stereocenters. The van der Waals surface area contributed by atoms with E-state index in [1.165, 1.54) is 0 Å². The summed E-state index contributed by atoms with van der Waals surface area (Å²) >= 11 is 0. The zero-order valence-corrected chi connectivity index (χ0v) is 9.61. The Morgan fingerprint density at radius 2 is 1.64 bits per heavy atom. The smallest absolute Gasteiger partial charge is 0.314 e. The van der Waals surface area contributed by atoms with Gasteiger partial charge >= 0.3 is 8.80 Å². The Hall–Kier alpha value is -0.883. The van der Waals surface area contributed by atoms with E-state index in [1.54, 1.807) is 21.3 Å². The van der Waals surface area contributed by atoms with Crippen molar-refractivity contribution >= 4 is 19.7 Å². The van der Waals surface area contributed by atoms with Crippen LogP contribution in [0.3, 0.4) is 0 Å². The first-order valence-electron chi connectivity index (χ1n) is 4.20. The lowest BCUT2D eigenvalue weighted by Crippen LogP contribution is -2.54. The van der Waals surface area contributed by atoms with Gasteiger partial charge in [-0.25, -0.2) is 0 Å². The molecule has 0 atom stereocenters. The van der Waals surface area contributed by atoms with Crippen LogP contribution in [0.4, 0.5) is 5.69 Å². The second-order valence-electron chi connectivity index (χ2n) is 2.79. The minimum Gasteiger partial charge on any atom is -0.523 e. The molecule has 5 heteroatoms. The summed E-state index contributed by atoms with van der Waals surface area (Å²) < 4.78 is 15.9. The van der Waals surface area contributed by atoms with Gasteiger partial charge in [0.25, 0.3) is 0 Å². The molecule has 0 bridgehead atoms. The molecule has 0 aliphatic carbocycles. The molecule has 0 aliphatic rings. The average molecular weight is 213 g/mol. The maximum absolute atomic E-state index is 5.67. The molecule has 79 valence electrons. The number of rotatable bonds is 4. The fraction of sp³-hybridized carbons (Fsp3) is 0.333. The van der Waals surface area contributed by atoms with Crippen molar-refractivity contribution in [2.24, 2.45) is 0 Å². The van der Waals surface area contributed by atoms with E-state index in [1.807, 2.05) is 24.3 Å². The van der Waals surface area contributed by atoms with Gasteiger partial charge in [0.1, 0.15) is 0 Å². The predicted molar refractivity (Wildman–Crippen MR) is 57.3 cm³/mol. The first-order valence-corrected chi connectivity index (χ1v) is 5.92. The summed E-state index contributed by atoms with van der Waals surface area (Å²) in [5.41, 5.74) is 6.35. The molecule has 0 spiro atoms. The molecule has 0 fully saturated rings. The fourth-order valence-electron chi connectivity index (χ4n) is 1.33. The summed E-state index contributed by atoms with van der Waals surface area (Å²) in [6.07, 6.45) is 0. The zero-order valence-electron chi connectivity index (χ0n) is 8.61. The number of nitrogens with two attached hydrogens (primary N) is 1. The number of benzene rings is 1. The molecule has 0 radical (unpaired) electrons. The van der Waals surface area contributed by atoms with E-state index in [2.05, 4.69) is 0 Å². The molecule has 0 heterocycles. The largest absolute Gasteiger partial charge is 0.523 e. The quantitative estimate of drug-likeness (QED) is 0.579. The van der Waals surface area contributed by atoms with E-state index in [4.69, 9.17) is 19.0 Å². The minimum absolute atomic E-state index is 0.672. The van der Waals surface area contributed by atoms with Crippen LogP contribution in [-0.2, 0) is 13.3 Å². The van der Waals surface area contributed by atoms with Crippen LogP contribution in [0.5, 0.6) is 0 Å². The molecular weight excluding hydrogens is 198 g/mol. The monoisotopic (exact) mass is 213 g/mol. The van der Waals surface area contributed by atoms with Gasteiger partial charge in [-0.05, 0) is 27.4 Å². The summed E-state index contributed by atoms with van der Waals surface area (Å²) in [6.45, 7) is 0. The highest BCUT2D eigenvalue weighted by Gasteiger charge is 2.24. The minimum atomic E-state index is -2.70. The number of nitrogen functional groups attached to an aromatic ring is 1. The summed E-state index contributed by atoms with van der Waals surface area (Å²) in [5, 5.41) is 0.866. The molecule has 1 aromatic carbocycles. The third-order valence-corrected chi connectivity index (χ3v) is 4.68. The molecule has 4 nitrogen and oxygen atoms in total. The summed E-state index contributed by atoms with van der Waals surface area (Å²) in [5.74, 6) is 0. The molecule has 1 rings (SSSR count). The molecular formula is C9H15NO3Si-. The first-order chi connectivity index (χ1) is 6.68. The van der Waals surface area contributed by atoms with Crippen LogP contribution >= 0.6 is 0 Å². The van der Waals surface area contributed by atoms with E-state index >= 15 is 0 Å². The Bertz CT molecular complexity index is 294. The van der Waals surface area contributed by atoms with E-state index < -0.39 is 8.80 Å². The Morgan fingerprint density at radius 3 is 2.07 bits per heavy atom. The molecule has 0 amide bonds. The maximum Gasteiger partial charge on any atom is 0.314 e. The number of hydrogen-bond donors (Lipinski definition) is 1. The van der Waals surface area contributed by atoms with Crippen molar-refractivity contribution in [2.45, 2.75) is 0 Å². The van der Waals surface area contributed by atoms with Crippen molar-refractivity contribution < 1.29 is 13.3 Å². The first kappa shape index (κ1) is 11.2. The average Bonchev–Trinajstić information content (AvgIpc) is 2.22. The molecule has 1 aromatic rings. The fourth-order valence-corrected chi connectivity index (χ4v) is 3.18. The van der Waals surface area contributed by atoms with Gasteiger partial charge in [0.2, 0.25) is 0 Å². The summed E-state index contributed by atoms with van der Waals surface area (Å²) in [6, 6.07) is 7.36. The highest BCUT2D eigenvalue weighted by atomic mass is 28.4. The lowest BCUT2D eigenvalue weighted by Gasteiger charge is -2.39. The standard InChI is InChI=1S/C9H15NO3Si/c1-11-14(12-2,13-3)9-6-4-5-8(10)7-9/h4-7H,10H2,1-3H3/q-1. The van der Waals surface area contributed by atoms with E-state index in [0.717, 1.165) is 5.19 Å². The molecule has 0 saturated carbocycles. The van der Waals surface area contributed by atoms with Gasteiger partial charge in [0, 0.05) is 5.69 Å². The zero-order chi connectivity index (χ0) is 10.6. The van der Waals surface area contributed by atoms with Gasteiger partial charge in [-0.1, -0.05) is 18.2 Å². The van der Waals surface area contributed by atoms with Crippen molar-refractivity contribution in [3.8, 4) is 0 Å². The van der Waals surface area contributed by atoms with Gasteiger partial charge in [-0.3, -0.25) is 0 Å². The second kappa shape index (κ2) is 4.56. The van der Waals surface area contributed by atoms with Crippen LogP contribution in [0.15, 0.2) is 24.3 Å². The highest BCUT2D eigenvalue weighted by Crippen LogP contribution is 2.09. The van der Waals surface area contributed by atoms with Crippen LogP contribution in [-0.4, -0.2) is 30.1 Å². The van der Waals surface area contributed by atoms with Gasteiger partial charge in [0.05, 0.1) is 0 Å². The van der Waals surface area contributed by atoms with E-state index in [-0.39, 0.29) is 0 Å². The van der Waals surface area contributed by atoms with Crippen molar-refractivity contribution in [1.82, 2.24) is 0 Å². The molecule has 14 heavy (non-hydrogen) atoms. The predicted octanol–water partition coefficient (Wildman–Crippen LogP) is 0.354. The van der Waals surface area contributed by atoms with Crippen LogP contribution in [0.1, 0.15) is 0 Å². The van der Waals surface area contributed by atoms with E-state index in [9.17, 15) is 0 Å². The van der Waals surface area contributed by atoms with Gasteiger partial charge in [-0.2, -0.15) is 0 Å². The number of anilines is 1. The lowest BCUT2D eigenvalue weighted by atomic mass is 10.3. The third-order valence-electron chi connectivity index (χ3n) is 2.05. The Morgan fingerprint density at radius 1 is 1.07 bits per heavy atom. The van der Waals surface area contributed by atoms with Crippen LogP contribution in [0.2, 0.25) is 0 Å². The molecule has 0 saturated heterocycles. The van der Waals surface area contributed by atoms with Crippen LogP contribution in [0.25, 0.3) is 0 Å². The third kappa shape index (κ3) is 1.96. The Balaban J connectivity index is 3.10. The summed E-state index contributed by atoms with van der Waals surface area (Å²) in [4.78, 5) is 0. The Labute approximate surface area is 85.0 Å². The number of hydrogen-bond acceptors (Lipinski definition) is 4. The maximum atomic E-state index is 5.67. The van der Waals surface area contributed by atoms with Crippen LogP contribution in [0, 0.1) is 0 Å². The Kier molecular flexibility index (Phi) is 3.65. The SMILES string of the molecule is CO[Si-](OC)(OC)c1cccc(N)c1. The van der Waals surface area contributed by atoms with Crippen molar-refractivity contribution in [3.05, 3.63) is 24.3 Å². The van der Waals surface area contributed by atoms with Crippen molar-refractivity contribution in [2.75, 3.05) is 27.1 Å². The van der Waals surface area contributed by atoms with Gasteiger partial charge in [0.15, 0.2) is 0 Å².